The van der Waals surface area contributed by atoms with Crippen molar-refractivity contribution in [2.45, 2.75) is 31.1 Å². The molecule has 0 spiro atoms. The molecule has 0 aliphatic heterocycles. The molecule has 2 rings (SSSR count). The third-order valence-corrected chi connectivity index (χ3v) is 5.30. The summed E-state index contributed by atoms with van der Waals surface area (Å²) in [6.45, 7) is 2.76. The Kier molecular flexibility index (Phi) is 7.29. The Morgan fingerprint density at radius 3 is 2.50 bits per heavy atom. The number of carbonyl (C=O) groups is 1. The fraction of sp³-hybridized carbons (Fsp3) is 0.316. The summed E-state index contributed by atoms with van der Waals surface area (Å²) in [6.07, 6.45) is 2.28. The van der Waals surface area contributed by atoms with Gasteiger partial charge in [0.1, 0.15) is 5.82 Å². The average Bonchev–Trinajstić information content (AvgIpc) is 2.63. The van der Waals surface area contributed by atoms with Crippen LogP contribution in [0.15, 0.2) is 53.4 Å². The molecule has 0 aliphatic rings. The molecule has 0 aliphatic carbocycles. The van der Waals surface area contributed by atoms with E-state index < -0.39 is 10.0 Å². The van der Waals surface area contributed by atoms with Crippen molar-refractivity contribution in [3.63, 3.8) is 0 Å². The molecule has 2 aromatic rings. The fourth-order valence-electron chi connectivity index (χ4n) is 2.35. The molecule has 0 bridgehead atoms. The number of sulfonamides is 1. The quantitative estimate of drug-likeness (QED) is 0.659. The number of halogens is 1. The Labute approximate surface area is 153 Å². The van der Waals surface area contributed by atoms with Crippen molar-refractivity contribution in [3.8, 4) is 0 Å². The summed E-state index contributed by atoms with van der Waals surface area (Å²) >= 11 is 0. The van der Waals surface area contributed by atoms with Gasteiger partial charge >= 0.3 is 0 Å². The number of hydrogen-bond acceptors (Lipinski definition) is 3. The van der Waals surface area contributed by atoms with Crippen LogP contribution in [0.4, 0.5) is 4.39 Å². The highest BCUT2D eigenvalue weighted by molar-refractivity contribution is 7.89. The van der Waals surface area contributed by atoms with Gasteiger partial charge in [-0.3, -0.25) is 4.79 Å². The second-order valence-electron chi connectivity index (χ2n) is 5.91. The lowest BCUT2D eigenvalue weighted by Gasteiger charge is -2.09. The highest BCUT2D eigenvalue weighted by Gasteiger charge is 2.15. The van der Waals surface area contributed by atoms with E-state index in [0.29, 0.717) is 18.5 Å². The van der Waals surface area contributed by atoms with Gasteiger partial charge in [-0.2, -0.15) is 0 Å². The van der Waals surface area contributed by atoms with Crippen molar-refractivity contribution in [2.24, 2.45) is 0 Å². The van der Waals surface area contributed by atoms with Crippen molar-refractivity contribution < 1.29 is 17.6 Å². The summed E-state index contributed by atoms with van der Waals surface area (Å²) in [5.74, 6) is -0.620. The van der Waals surface area contributed by atoms with E-state index in [1.807, 2.05) is 6.92 Å². The summed E-state index contributed by atoms with van der Waals surface area (Å²) in [5.41, 5.74) is 1.14. The van der Waals surface area contributed by atoms with Gasteiger partial charge in [0.05, 0.1) is 4.90 Å². The molecule has 0 radical (unpaired) electrons. The van der Waals surface area contributed by atoms with Crippen LogP contribution in [0.2, 0.25) is 0 Å². The number of amides is 1. The van der Waals surface area contributed by atoms with Gasteiger partial charge in [0.15, 0.2) is 0 Å². The third-order valence-electron chi connectivity index (χ3n) is 3.84. The van der Waals surface area contributed by atoms with Gasteiger partial charge in [-0.05, 0) is 48.7 Å². The van der Waals surface area contributed by atoms with Crippen LogP contribution in [0.3, 0.4) is 0 Å². The maximum atomic E-state index is 12.9. The van der Waals surface area contributed by atoms with E-state index in [-0.39, 0.29) is 23.2 Å². The zero-order valence-corrected chi connectivity index (χ0v) is 15.5. The van der Waals surface area contributed by atoms with E-state index in [9.17, 15) is 17.6 Å². The van der Waals surface area contributed by atoms with E-state index in [0.717, 1.165) is 18.4 Å². The zero-order valence-electron chi connectivity index (χ0n) is 14.7. The minimum absolute atomic E-state index is 0.0414. The summed E-state index contributed by atoms with van der Waals surface area (Å²) in [7, 11) is -3.72. The summed E-state index contributed by atoms with van der Waals surface area (Å²) < 4.78 is 40.2. The van der Waals surface area contributed by atoms with Crippen LogP contribution >= 0.6 is 0 Å². The van der Waals surface area contributed by atoms with Gasteiger partial charge in [-0.1, -0.05) is 31.5 Å². The van der Waals surface area contributed by atoms with Crippen LogP contribution in [0, 0.1) is 5.82 Å². The lowest BCUT2D eigenvalue weighted by Crippen LogP contribution is -2.27. The molecule has 2 N–H and O–H groups in total. The van der Waals surface area contributed by atoms with Gasteiger partial charge in [-0.25, -0.2) is 17.5 Å². The van der Waals surface area contributed by atoms with E-state index >= 15 is 0 Å². The first-order chi connectivity index (χ1) is 12.4. The van der Waals surface area contributed by atoms with Crippen LogP contribution in [0.1, 0.15) is 35.7 Å². The maximum absolute atomic E-state index is 12.9. The molecular weight excluding hydrogens is 355 g/mol. The van der Waals surface area contributed by atoms with Gasteiger partial charge in [0.25, 0.3) is 5.91 Å². The minimum Gasteiger partial charge on any atom is -0.352 e. The molecular formula is C19H23FN2O3S. The molecule has 1 amide bonds. The van der Waals surface area contributed by atoms with Gasteiger partial charge < -0.3 is 5.32 Å². The normalized spacial score (nSPS) is 11.3. The van der Waals surface area contributed by atoms with Crippen LogP contribution in [0.25, 0.3) is 0 Å². The smallest absolute Gasteiger partial charge is 0.251 e. The Bertz CT molecular complexity index is 836. The van der Waals surface area contributed by atoms with Crippen molar-refractivity contribution in [1.29, 1.82) is 0 Å². The van der Waals surface area contributed by atoms with Crippen molar-refractivity contribution in [3.05, 3.63) is 65.5 Å². The first-order valence-corrected chi connectivity index (χ1v) is 10.0. The lowest BCUT2D eigenvalue weighted by molar-refractivity contribution is 0.0953. The molecule has 140 valence electrons. The standard InChI is InChI=1S/C19H23FN2O3S/c1-2-3-12-21-19(23)16-5-4-6-18(14-16)26(24,25)22-13-11-15-7-9-17(20)10-8-15/h4-10,14,22H,2-3,11-13H2,1H3,(H,21,23). The molecule has 0 saturated heterocycles. The maximum Gasteiger partial charge on any atom is 0.251 e. The third kappa shape index (κ3) is 5.93. The summed E-state index contributed by atoms with van der Waals surface area (Å²) in [5, 5.41) is 2.76. The molecule has 0 fully saturated rings. The van der Waals surface area contributed by atoms with E-state index in [4.69, 9.17) is 0 Å². The van der Waals surface area contributed by atoms with Crippen LogP contribution in [0.5, 0.6) is 0 Å². The van der Waals surface area contributed by atoms with Crippen LogP contribution in [-0.2, 0) is 16.4 Å². The first kappa shape index (κ1) is 20.1. The van der Waals surface area contributed by atoms with E-state index in [1.165, 1.54) is 24.3 Å². The molecule has 26 heavy (non-hydrogen) atoms. The highest BCUT2D eigenvalue weighted by Crippen LogP contribution is 2.12. The summed E-state index contributed by atoms with van der Waals surface area (Å²) in [6, 6.07) is 11.8. The first-order valence-electron chi connectivity index (χ1n) is 8.55. The van der Waals surface area contributed by atoms with Gasteiger partial charge in [-0.15, -0.1) is 0 Å². The SMILES string of the molecule is CCCCNC(=O)c1cccc(S(=O)(=O)NCCc2ccc(F)cc2)c1. The number of nitrogens with one attached hydrogen (secondary N) is 2. The molecule has 7 heteroatoms. The van der Waals surface area contributed by atoms with E-state index in [1.54, 1.807) is 24.3 Å². The molecule has 0 unspecified atom stereocenters. The predicted octanol–water partition coefficient (Wildman–Crippen LogP) is 2.88. The molecule has 0 heterocycles. The number of rotatable bonds is 9. The van der Waals surface area contributed by atoms with Gasteiger partial charge in [0.2, 0.25) is 10.0 Å². The predicted molar refractivity (Wildman–Crippen MR) is 99.0 cm³/mol. The fourth-order valence-corrected chi connectivity index (χ4v) is 3.43. The Morgan fingerprint density at radius 2 is 1.81 bits per heavy atom. The number of unbranched alkanes of at least 4 members (excludes halogenated alkanes) is 1. The molecule has 0 atom stereocenters. The Hall–Kier alpha value is -2.25. The number of carbonyl (C=O) groups excluding carboxylic acids is 1. The Morgan fingerprint density at radius 1 is 1.08 bits per heavy atom. The van der Waals surface area contributed by atoms with Crippen LogP contribution < -0.4 is 10.0 Å². The largest absolute Gasteiger partial charge is 0.352 e. The molecule has 0 saturated carbocycles. The van der Waals surface area contributed by atoms with Crippen molar-refractivity contribution >= 4 is 15.9 Å². The highest BCUT2D eigenvalue weighted by atomic mass is 32.2. The average molecular weight is 378 g/mol. The topological polar surface area (TPSA) is 75.3 Å². The number of hydrogen-bond donors (Lipinski definition) is 2. The molecule has 5 nitrogen and oxygen atoms in total. The van der Waals surface area contributed by atoms with Crippen LogP contribution in [-0.4, -0.2) is 27.4 Å². The molecule has 0 aromatic heterocycles. The number of benzene rings is 2. The Balaban J connectivity index is 1.98. The summed E-state index contributed by atoms with van der Waals surface area (Å²) in [4.78, 5) is 12.1. The van der Waals surface area contributed by atoms with Crippen molar-refractivity contribution in [2.75, 3.05) is 13.1 Å². The second kappa shape index (κ2) is 9.45. The lowest BCUT2D eigenvalue weighted by atomic mass is 10.1. The van der Waals surface area contributed by atoms with Gasteiger partial charge in [0, 0.05) is 18.7 Å². The van der Waals surface area contributed by atoms with Crippen molar-refractivity contribution in [1.82, 2.24) is 10.0 Å². The monoisotopic (exact) mass is 378 g/mol. The molecule has 2 aromatic carbocycles. The second-order valence-corrected chi connectivity index (χ2v) is 7.68. The minimum atomic E-state index is -3.72. The van der Waals surface area contributed by atoms with E-state index in [2.05, 4.69) is 10.0 Å². The zero-order chi connectivity index (χ0) is 19.0.